The Balaban J connectivity index is 2.26. The lowest BCUT2D eigenvalue weighted by atomic mass is 10.2. The van der Waals surface area contributed by atoms with E-state index < -0.39 is 0 Å². The molecule has 0 aromatic heterocycles. The highest BCUT2D eigenvalue weighted by atomic mass is 16.5. The Morgan fingerprint density at radius 2 is 1.87 bits per heavy atom. The Bertz CT molecular complexity index is 503. The topological polar surface area (TPSA) is 74.8 Å². The van der Waals surface area contributed by atoms with Crippen molar-refractivity contribution < 1.29 is 9.53 Å². The molecule has 128 valence electrons. The highest BCUT2D eigenvalue weighted by Gasteiger charge is 2.05. The van der Waals surface area contributed by atoms with Gasteiger partial charge in [-0.2, -0.15) is 0 Å². The van der Waals surface area contributed by atoms with Crippen LogP contribution in [0.2, 0.25) is 0 Å². The number of rotatable bonds is 9. The van der Waals surface area contributed by atoms with Crippen LogP contribution in [0, 0.1) is 0 Å². The van der Waals surface area contributed by atoms with Crippen LogP contribution < -0.4 is 20.7 Å². The fourth-order valence-electron chi connectivity index (χ4n) is 2.03. The summed E-state index contributed by atoms with van der Waals surface area (Å²) in [6.07, 6.45) is 3.54. The van der Waals surface area contributed by atoms with Crippen molar-refractivity contribution in [2.45, 2.75) is 26.2 Å². The first-order chi connectivity index (χ1) is 11.2. The van der Waals surface area contributed by atoms with Gasteiger partial charge in [0.1, 0.15) is 5.75 Å². The van der Waals surface area contributed by atoms with Crippen molar-refractivity contribution in [3.63, 3.8) is 0 Å². The SMILES string of the molecule is CCCCCNC(=NC)NCCNC(=O)c1cccc(OC)c1. The van der Waals surface area contributed by atoms with Gasteiger partial charge in [-0.05, 0) is 24.6 Å². The molecule has 0 aliphatic rings. The lowest BCUT2D eigenvalue weighted by Gasteiger charge is -2.12. The molecular weight excluding hydrogens is 292 g/mol. The Kier molecular flexibility index (Phi) is 9.28. The molecule has 0 saturated carbocycles. The van der Waals surface area contributed by atoms with Gasteiger partial charge in [0.2, 0.25) is 0 Å². The second-order valence-electron chi connectivity index (χ2n) is 5.12. The van der Waals surface area contributed by atoms with Gasteiger partial charge in [-0.15, -0.1) is 0 Å². The van der Waals surface area contributed by atoms with Crippen molar-refractivity contribution in [3.8, 4) is 5.75 Å². The van der Waals surface area contributed by atoms with Crippen LogP contribution in [0.3, 0.4) is 0 Å². The molecule has 0 atom stereocenters. The number of carbonyl (C=O) groups is 1. The Morgan fingerprint density at radius 1 is 1.13 bits per heavy atom. The van der Waals surface area contributed by atoms with Crippen molar-refractivity contribution in [3.05, 3.63) is 29.8 Å². The van der Waals surface area contributed by atoms with Crippen LogP contribution in [0.4, 0.5) is 0 Å². The molecule has 23 heavy (non-hydrogen) atoms. The number of nitrogens with zero attached hydrogens (tertiary/aromatic N) is 1. The van der Waals surface area contributed by atoms with E-state index in [1.165, 1.54) is 12.8 Å². The highest BCUT2D eigenvalue weighted by Crippen LogP contribution is 2.12. The first-order valence-corrected chi connectivity index (χ1v) is 8.08. The van der Waals surface area contributed by atoms with E-state index >= 15 is 0 Å². The maximum Gasteiger partial charge on any atom is 0.251 e. The summed E-state index contributed by atoms with van der Waals surface area (Å²) in [5, 5.41) is 9.29. The summed E-state index contributed by atoms with van der Waals surface area (Å²) in [7, 11) is 3.32. The van der Waals surface area contributed by atoms with Crippen molar-refractivity contribution >= 4 is 11.9 Å². The molecule has 0 radical (unpaired) electrons. The molecule has 0 saturated heterocycles. The second kappa shape index (κ2) is 11.3. The normalized spacial score (nSPS) is 11.0. The van der Waals surface area contributed by atoms with Gasteiger partial charge in [-0.3, -0.25) is 9.79 Å². The summed E-state index contributed by atoms with van der Waals surface area (Å²) < 4.78 is 5.12. The number of benzene rings is 1. The minimum atomic E-state index is -0.114. The largest absolute Gasteiger partial charge is 0.497 e. The molecule has 6 heteroatoms. The third kappa shape index (κ3) is 7.54. The van der Waals surface area contributed by atoms with E-state index in [1.807, 2.05) is 6.07 Å². The summed E-state index contributed by atoms with van der Waals surface area (Å²) in [4.78, 5) is 16.2. The minimum absolute atomic E-state index is 0.114. The maximum atomic E-state index is 12.0. The number of methoxy groups -OCH3 is 1. The van der Waals surface area contributed by atoms with E-state index in [0.717, 1.165) is 18.9 Å². The van der Waals surface area contributed by atoms with Crippen LogP contribution in [-0.2, 0) is 0 Å². The summed E-state index contributed by atoms with van der Waals surface area (Å²) in [6, 6.07) is 7.09. The van der Waals surface area contributed by atoms with E-state index in [4.69, 9.17) is 4.74 Å². The van der Waals surface area contributed by atoms with Crippen LogP contribution in [0.1, 0.15) is 36.5 Å². The lowest BCUT2D eigenvalue weighted by Crippen LogP contribution is -2.41. The Morgan fingerprint density at radius 3 is 2.57 bits per heavy atom. The molecule has 0 unspecified atom stereocenters. The van der Waals surface area contributed by atoms with E-state index in [-0.39, 0.29) is 5.91 Å². The average Bonchev–Trinajstić information content (AvgIpc) is 2.60. The number of hydrogen-bond donors (Lipinski definition) is 3. The zero-order valence-corrected chi connectivity index (χ0v) is 14.3. The first-order valence-electron chi connectivity index (χ1n) is 8.08. The number of guanidine groups is 1. The molecule has 0 aliphatic heterocycles. The molecule has 0 aliphatic carbocycles. The average molecular weight is 320 g/mol. The lowest BCUT2D eigenvalue weighted by molar-refractivity contribution is 0.0954. The van der Waals surface area contributed by atoms with Crippen molar-refractivity contribution in [2.75, 3.05) is 33.8 Å². The monoisotopic (exact) mass is 320 g/mol. The van der Waals surface area contributed by atoms with Gasteiger partial charge in [0.25, 0.3) is 5.91 Å². The standard InChI is InChI=1S/C17H28N4O2/c1-4-5-6-10-20-17(18-2)21-12-11-19-16(22)14-8-7-9-15(13-14)23-3/h7-9,13H,4-6,10-12H2,1-3H3,(H,19,22)(H2,18,20,21). The maximum absolute atomic E-state index is 12.0. The third-order valence-corrected chi connectivity index (χ3v) is 3.33. The molecule has 0 fully saturated rings. The van der Waals surface area contributed by atoms with E-state index in [1.54, 1.807) is 32.4 Å². The predicted octanol–water partition coefficient (Wildman–Crippen LogP) is 1.78. The molecule has 0 heterocycles. The number of amides is 1. The summed E-state index contributed by atoms with van der Waals surface area (Å²) in [5.74, 6) is 1.32. The van der Waals surface area contributed by atoms with Gasteiger partial charge < -0.3 is 20.7 Å². The first kappa shape index (κ1) is 18.8. The highest BCUT2D eigenvalue weighted by molar-refractivity contribution is 5.94. The zero-order chi connectivity index (χ0) is 16.9. The molecule has 0 spiro atoms. The summed E-state index contributed by atoms with van der Waals surface area (Å²) >= 11 is 0. The summed E-state index contributed by atoms with van der Waals surface area (Å²) in [5.41, 5.74) is 0.589. The molecule has 1 aromatic carbocycles. The minimum Gasteiger partial charge on any atom is -0.497 e. The Labute approximate surface area is 138 Å². The van der Waals surface area contributed by atoms with Crippen molar-refractivity contribution in [2.24, 2.45) is 4.99 Å². The van der Waals surface area contributed by atoms with E-state index in [9.17, 15) is 4.79 Å². The predicted molar refractivity (Wildman–Crippen MR) is 94.2 cm³/mol. The van der Waals surface area contributed by atoms with Crippen molar-refractivity contribution in [1.82, 2.24) is 16.0 Å². The van der Waals surface area contributed by atoms with E-state index in [0.29, 0.717) is 24.4 Å². The van der Waals surface area contributed by atoms with Crippen LogP contribution in [-0.4, -0.2) is 45.7 Å². The summed E-state index contributed by atoms with van der Waals surface area (Å²) in [6.45, 7) is 4.22. The fraction of sp³-hybridized carbons (Fsp3) is 0.529. The Hall–Kier alpha value is -2.24. The quantitative estimate of drug-likeness (QED) is 0.368. The van der Waals surface area contributed by atoms with Crippen molar-refractivity contribution in [1.29, 1.82) is 0 Å². The molecular formula is C17H28N4O2. The number of nitrogens with one attached hydrogen (secondary N) is 3. The molecule has 3 N–H and O–H groups in total. The zero-order valence-electron chi connectivity index (χ0n) is 14.3. The smallest absolute Gasteiger partial charge is 0.251 e. The van der Waals surface area contributed by atoms with Gasteiger partial charge in [-0.25, -0.2) is 0 Å². The molecule has 0 bridgehead atoms. The third-order valence-electron chi connectivity index (χ3n) is 3.33. The number of carbonyl (C=O) groups excluding carboxylic acids is 1. The van der Waals surface area contributed by atoms with Gasteiger partial charge in [0, 0.05) is 32.2 Å². The number of aliphatic imine (C=N–C) groups is 1. The van der Waals surface area contributed by atoms with Gasteiger partial charge in [-0.1, -0.05) is 25.8 Å². The van der Waals surface area contributed by atoms with Crippen LogP contribution in [0.5, 0.6) is 5.75 Å². The molecule has 1 amide bonds. The molecule has 6 nitrogen and oxygen atoms in total. The van der Waals surface area contributed by atoms with E-state index in [2.05, 4.69) is 27.9 Å². The molecule has 1 rings (SSSR count). The number of unbranched alkanes of at least 4 members (excludes halogenated alkanes) is 2. The van der Waals surface area contributed by atoms with Crippen LogP contribution >= 0.6 is 0 Å². The second-order valence-corrected chi connectivity index (χ2v) is 5.12. The number of hydrogen-bond acceptors (Lipinski definition) is 3. The van der Waals surface area contributed by atoms with Crippen LogP contribution in [0.25, 0.3) is 0 Å². The van der Waals surface area contributed by atoms with Gasteiger partial charge in [0.05, 0.1) is 7.11 Å². The van der Waals surface area contributed by atoms with Crippen LogP contribution in [0.15, 0.2) is 29.3 Å². The molecule has 1 aromatic rings. The number of ether oxygens (including phenoxy) is 1. The van der Waals surface area contributed by atoms with Gasteiger partial charge >= 0.3 is 0 Å². The fourth-order valence-corrected chi connectivity index (χ4v) is 2.03. The van der Waals surface area contributed by atoms with Gasteiger partial charge in [0.15, 0.2) is 5.96 Å².